The van der Waals surface area contributed by atoms with Crippen LogP contribution in [0, 0.1) is 18.2 Å². The van der Waals surface area contributed by atoms with Crippen LogP contribution in [0.4, 0.5) is 4.39 Å². The Morgan fingerprint density at radius 2 is 1.66 bits per heavy atom. The molecule has 0 spiro atoms. The SMILES string of the molecule is Cc1cnc(-c2cccc3c2sc2cc(-c4cccc(F)c4)ccc23)cc1CC(C)(C)C. The number of benzene rings is 3. The highest BCUT2D eigenvalue weighted by molar-refractivity contribution is 7.26. The van der Waals surface area contributed by atoms with Gasteiger partial charge in [-0.2, -0.15) is 0 Å². The molecule has 3 heteroatoms. The van der Waals surface area contributed by atoms with Gasteiger partial charge in [-0.1, -0.05) is 63.2 Å². The Morgan fingerprint density at radius 3 is 2.44 bits per heavy atom. The molecule has 0 aliphatic heterocycles. The fourth-order valence-corrected chi connectivity index (χ4v) is 5.59. The average Bonchev–Trinajstić information content (AvgIpc) is 3.12. The molecule has 160 valence electrons. The summed E-state index contributed by atoms with van der Waals surface area (Å²) < 4.78 is 16.2. The topological polar surface area (TPSA) is 12.9 Å². The van der Waals surface area contributed by atoms with Gasteiger partial charge in [-0.15, -0.1) is 11.3 Å². The van der Waals surface area contributed by atoms with Gasteiger partial charge in [0.1, 0.15) is 5.82 Å². The van der Waals surface area contributed by atoms with Gasteiger partial charge in [0, 0.05) is 31.9 Å². The molecule has 0 amide bonds. The Labute approximate surface area is 192 Å². The molecule has 0 saturated carbocycles. The van der Waals surface area contributed by atoms with Crippen molar-refractivity contribution in [2.24, 2.45) is 5.41 Å². The molecule has 0 N–H and O–H groups in total. The highest BCUT2D eigenvalue weighted by Gasteiger charge is 2.16. The van der Waals surface area contributed by atoms with Crippen molar-refractivity contribution in [3.8, 4) is 22.4 Å². The summed E-state index contributed by atoms with van der Waals surface area (Å²) in [6.07, 6.45) is 3.03. The molecular weight excluding hydrogens is 413 g/mol. The lowest BCUT2D eigenvalue weighted by atomic mass is 9.86. The van der Waals surface area contributed by atoms with Crippen LogP contribution in [-0.2, 0) is 6.42 Å². The molecule has 0 atom stereocenters. The van der Waals surface area contributed by atoms with Gasteiger partial charge in [0.05, 0.1) is 5.69 Å². The normalized spacial score (nSPS) is 12.0. The first-order chi connectivity index (χ1) is 15.3. The minimum atomic E-state index is -0.210. The lowest BCUT2D eigenvalue weighted by Gasteiger charge is -2.20. The first-order valence-electron chi connectivity index (χ1n) is 11.0. The van der Waals surface area contributed by atoms with Crippen molar-refractivity contribution in [3.63, 3.8) is 0 Å². The minimum absolute atomic E-state index is 0.210. The smallest absolute Gasteiger partial charge is 0.123 e. The summed E-state index contributed by atoms with van der Waals surface area (Å²) in [4.78, 5) is 4.80. The van der Waals surface area contributed by atoms with Crippen molar-refractivity contribution >= 4 is 31.5 Å². The zero-order valence-corrected chi connectivity index (χ0v) is 19.7. The molecule has 0 bridgehead atoms. The van der Waals surface area contributed by atoms with Crippen LogP contribution in [0.15, 0.2) is 72.9 Å². The van der Waals surface area contributed by atoms with Crippen molar-refractivity contribution in [2.45, 2.75) is 34.1 Å². The van der Waals surface area contributed by atoms with E-state index in [9.17, 15) is 4.39 Å². The van der Waals surface area contributed by atoms with Gasteiger partial charge in [0.15, 0.2) is 0 Å². The highest BCUT2D eigenvalue weighted by Crippen LogP contribution is 2.41. The summed E-state index contributed by atoms with van der Waals surface area (Å²) in [5, 5.41) is 2.47. The van der Waals surface area contributed by atoms with Gasteiger partial charge in [-0.25, -0.2) is 4.39 Å². The van der Waals surface area contributed by atoms with Crippen LogP contribution in [0.25, 0.3) is 42.6 Å². The first-order valence-corrected chi connectivity index (χ1v) is 11.8. The van der Waals surface area contributed by atoms with Crippen LogP contribution < -0.4 is 0 Å². The van der Waals surface area contributed by atoms with Gasteiger partial charge in [-0.3, -0.25) is 4.98 Å². The van der Waals surface area contributed by atoms with E-state index in [1.54, 1.807) is 23.5 Å². The van der Waals surface area contributed by atoms with E-state index >= 15 is 0 Å². The zero-order chi connectivity index (χ0) is 22.5. The van der Waals surface area contributed by atoms with E-state index in [4.69, 9.17) is 4.98 Å². The molecule has 0 saturated heterocycles. The number of aryl methyl sites for hydroxylation is 1. The van der Waals surface area contributed by atoms with Crippen LogP contribution in [-0.4, -0.2) is 4.98 Å². The van der Waals surface area contributed by atoms with E-state index in [-0.39, 0.29) is 11.2 Å². The van der Waals surface area contributed by atoms with Crippen LogP contribution in [0.2, 0.25) is 0 Å². The summed E-state index contributed by atoms with van der Waals surface area (Å²) in [6, 6.07) is 21.9. The monoisotopic (exact) mass is 439 g/mol. The van der Waals surface area contributed by atoms with E-state index in [2.05, 4.69) is 70.2 Å². The fourth-order valence-electron chi connectivity index (χ4n) is 4.32. The predicted molar refractivity (Wildman–Crippen MR) is 136 cm³/mol. The maximum Gasteiger partial charge on any atom is 0.123 e. The number of hydrogen-bond donors (Lipinski definition) is 0. The van der Waals surface area contributed by atoms with Crippen molar-refractivity contribution in [3.05, 3.63) is 89.9 Å². The molecular formula is C29H26FNS. The number of pyridine rings is 1. The summed E-state index contributed by atoms with van der Waals surface area (Å²) >= 11 is 1.79. The van der Waals surface area contributed by atoms with Gasteiger partial charge < -0.3 is 0 Å². The Kier molecular flexibility index (Phi) is 5.10. The third kappa shape index (κ3) is 3.93. The van der Waals surface area contributed by atoms with Crippen LogP contribution in [0.3, 0.4) is 0 Å². The van der Waals surface area contributed by atoms with Crippen LogP contribution >= 0.6 is 11.3 Å². The molecule has 5 aromatic rings. The number of hydrogen-bond acceptors (Lipinski definition) is 2. The number of rotatable bonds is 3. The summed E-state index contributed by atoms with van der Waals surface area (Å²) in [5.41, 5.74) is 6.95. The number of nitrogens with zero attached hydrogens (tertiary/aromatic N) is 1. The Bertz CT molecular complexity index is 1460. The predicted octanol–water partition coefficient (Wildman–Crippen LogP) is 8.82. The molecule has 0 radical (unpaired) electrons. The highest BCUT2D eigenvalue weighted by atomic mass is 32.1. The molecule has 0 fully saturated rings. The molecule has 0 aliphatic carbocycles. The second-order valence-electron chi connectivity index (χ2n) is 9.74. The zero-order valence-electron chi connectivity index (χ0n) is 18.9. The second-order valence-corrected chi connectivity index (χ2v) is 10.8. The minimum Gasteiger partial charge on any atom is -0.256 e. The average molecular weight is 440 g/mol. The molecule has 5 rings (SSSR count). The van der Waals surface area contributed by atoms with Gasteiger partial charge in [0.2, 0.25) is 0 Å². The third-order valence-electron chi connectivity index (χ3n) is 5.87. The maximum atomic E-state index is 13.7. The lowest BCUT2D eigenvalue weighted by molar-refractivity contribution is 0.410. The Hall–Kier alpha value is -3.04. The van der Waals surface area contributed by atoms with E-state index in [1.165, 1.54) is 42.9 Å². The standard InChI is InChI=1S/C29H26FNS/c1-18-17-31-26(14-21(18)16-29(2,3)4)25-10-6-9-24-23-12-11-20(15-27(23)32-28(24)25)19-7-5-8-22(30)13-19/h5-15,17H,16H2,1-4H3. The van der Waals surface area contributed by atoms with Crippen molar-refractivity contribution in [1.29, 1.82) is 0 Å². The van der Waals surface area contributed by atoms with Gasteiger partial charge in [0.25, 0.3) is 0 Å². The summed E-state index contributed by atoms with van der Waals surface area (Å²) in [7, 11) is 0. The first kappa shape index (κ1) is 20.8. The van der Waals surface area contributed by atoms with E-state index in [0.29, 0.717) is 0 Å². The Balaban J connectivity index is 1.65. The Morgan fingerprint density at radius 1 is 0.875 bits per heavy atom. The fraction of sp³-hybridized carbons (Fsp3) is 0.207. The van der Waals surface area contributed by atoms with Crippen LogP contribution in [0.1, 0.15) is 31.9 Å². The quantitative estimate of drug-likeness (QED) is 0.274. The number of halogens is 1. The van der Waals surface area contributed by atoms with Crippen LogP contribution in [0.5, 0.6) is 0 Å². The molecule has 32 heavy (non-hydrogen) atoms. The number of thiophene rings is 1. The second kappa shape index (κ2) is 7.83. The third-order valence-corrected chi connectivity index (χ3v) is 7.07. The number of aromatic nitrogens is 1. The summed E-state index contributed by atoms with van der Waals surface area (Å²) in [5.74, 6) is -0.210. The molecule has 2 heterocycles. The van der Waals surface area contributed by atoms with E-state index < -0.39 is 0 Å². The van der Waals surface area contributed by atoms with E-state index in [1.807, 2.05) is 12.3 Å². The van der Waals surface area contributed by atoms with Crippen molar-refractivity contribution < 1.29 is 4.39 Å². The van der Waals surface area contributed by atoms with Gasteiger partial charge >= 0.3 is 0 Å². The lowest BCUT2D eigenvalue weighted by Crippen LogP contribution is -2.10. The maximum absolute atomic E-state index is 13.7. The molecule has 1 nitrogen and oxygen atoms in total. The molecule has 0 unspecified atom stereocenters. The number of fused-ring (bicyclic) bond motifs is 3. The largest absolute Gasteiger partial charge is 0.256 e. The molecule has 2 aromatic heterocycles. The summed E-state index contributed by atoms with van der Waals surface area (Å²) in [6.45, 7) is 8.96. The van der Waals surface area contributed by atoms with Crippen molar-refractivity contribution in [2.75, 3.05) is 0 Å². The van der Waals surface area contributed by atoms with Gasteiger partial charge in [-0.05, 0) is 65.3 Å². The van der Waals surface area contributed by atoms with E-state index in [0.717, 1.165) is 23.2 Å². The molecule has 3 aromatic carbocycles. The van der Waals surface area contributed by atoms with Crippen molar-refractivity contribution in [1.82, 2.24) is 4.98 Å². The molecule has 0 aliphatic rings.